The van der Waals surface area contributed by atoms with E-state index >= 15 is 0 Å². The molecule has 0 spiro atoms. The van der Waals surface area contributed by atoms with Crippen LogP contribution in [0.25, 0.3) is 0 Å². The van der Waals surface area contributed by atoms with Crippen molar-refractivity contribution in [1.29, 1.82) is 0 Å². The number of carbonyl (C=O) groups is 2. The maximum atomic E-state index is 12.2. The van der Waals surface area contributed by atoms with Crippen LogP contribution in [-0.4, -0.2) is 28.5 Å². The van der Waals surface area contributed by atoms with E-state index in [1.807, 2.05) is 39.0 Å². The Kier molecular flexibility index (Phi) is 7.82. The summed E-state index contributed by atoms with van der Waals surface area (Å²) in [4.78, 5) is 34.6. The fourth-order valence-corrected chi connectivity index (χ4v) is 2.72. The number of ether oxygens (including phenoxy) is 1. The first-order valence-corrected chi connectivity index (χ1v) is 9.46. The molecule has 0 radical (unpaired) electrons. The van der Waals surface area contributed by atoms with Gasteiger partial charge in [-0.25, -0.2) is 0 Å². The number of hydrogen-bond acceptors (Lipinski definition) is 6. The van der Waals surface area contributed by atoms with Gasteiger partial charge < -0.3 is 4.74 Å². The molecule has 2 rings (SSSR count). The number of amides is 2. The quantitative estimate of drug-likeness (QED) is 0.366. The molecule has 0 aliphatic rings. The van der Waals surface area contributed by atoms with Gasteiger partial charge in [-0.2, -0.15) is 0 Å². The van der Waals surface area contributed by atoms with Gasteiger partial charge in [0.2, 0.25) is 0 Å². The molecule has 0 saturated heterocycles. The molecule has 0 fully saturated rings. The second-order valence-corrected chi connectivity index (χ2v) is 7.12. The largest absolute Gasteiger partial charge is 0.483 e. The lowest BCUT2D eigenvalue weighted by atomic mass is 10.0. The number of hydrazine groups is 1. The number of thiocarbonyl (C=S) groups is 1. The summed E-state index contributed by atoms with van der Waals surface area (Å²) in [6, 6.07) is 11.2. The topological polar surface area (TPSA) is 123 Å². The first-order valence-electron chi connectivity index (χ1n) is 9.06. The van der Waals surface area contributed by atoms with Gasteiger partial charge in [0.05, 0.1) is 4.92 Å². The minimum atomic E-state index is -0.772. The van der Waals surface area contributed by atoms with Gasteiger partial charge in [-0.3, -0.25) is 35.9 Å². The third kappa shape index (κ3) is 6.24. The van der Waals surface area contributed by atoms with E-state index in [-0.39, 0.29) is 28.9 Å². The summed E-state index contributed by atoms with van der Waals surface area (Å²) in [6.07, 6.45) is 0. The van der Waals surface area contributed by atoms with E-state index in [9.17, 15) is 19.7 Å². The van der Waals surface area contributed by atoms with E-state index in [1.165, 1.54) is 24.3 Å². The number of para-hydroxylation sites is 1. The molecule has 9 nitrogen and oxygen atoms in total. The summed E-state index contributed by atoms with van der Waals surface area (Å²) in [5.41, 5.74) is 6.16. The molecule has 0 atom stereocenters. The Hall–Kier alpha value is -3.53. The van der Waals surface area contributed by atoms with Crippen molar-refractivity contribution in [2.24, 2.45) is 0 Å². The highest BCUT2D eigenvalue weighted by atomic mass is 32.1. The molecule has 0 bridgehead atoms. The van der Waals surface area contributed by atoms with Gasteiger partial charge in [-0.1, -0.05) is 38.1 Å². The summed E-state index contributed by atoms with van der Waals surface area (Å²) in [7, 11) is 0. The number of rotatable bonds is 6. The summed E-state index contributed by atoms with van der Waals surface area (Å²) in [5, 5.41) is 13.1. The van der Waals surface area contributed by atoms with E-state index in [4.69, 9.17) is 17.0 Å². The molecule has 0 aliphatic heterocycles. The predicted octanol–water partition coefficient (Wildman–Crippen LogP) is 2.74. The Morgan fingerprint density at radius 2 is 1.87 bits per heavy atom. The third-order valence-electron chi connectivity index (χ3n) is 4.04. The maximum Gasteiger partial charge on any atom is 0.282 e. The predicted molar refractivity (Wildman–Crippen MR) is 115 cm³/mol. The monoisotopic (exact) mass is 430 g/mol. The van der Waals surface area contributed by atoms with Crippen molar-refractivity contribution in [3.63, 3.8) is 0 Å². The first kappa shape index (κ1) is 22.8. The molecule has 0 unspecified atom stereocenters. The lowest BCUT2D eigenvalue weighted by Crippen LogP contribution is -2.49. The van der Waals surface area contributed by atoms with Gasteiger partial charge in [-0.15, -0.1) is 0 Å². The van der Waals surface area contributed by atoms with Crippen LogP contribution < -0.4 is 20.9 Å². The Labute approximate surface area is 178 Å². The van der Waals surface area contributed by atoms with E-state index in [1.54, 1.807) is 0 Å². The van der Waals surface area contributed by atoms with Crippen molar-refractivity contribution < 1.29 is 19.2 Å². The molecule has 0 aromatic heterocycles. The van der Waals surface area contributed by atoms with E-state index < -0.39 is 16.7 Å². The zero-order valence-electron chi connectivity index (χ0n) is 16.7. The minimum Gasteiger partial charge on any atom is -0.483 e. The molecule has 3 N–H and O–H groups in total. The number of aryl methyl sites for hydroxylation is 1. The van der Waals surface area contributed by atoms with Gasteiger partial charge in [0, 0.05) is 6.07 Å². The van der Waals surface area contributed by atoms with Crippen molar-refractivity contribution >= 4 is 34.8 Å². The minimum absolute atomic E-state index is 0.151. The summed E-state index contributed by atoms with van der Waals surface area (Å²) in [6.45, 7) is 5.71. The molecular formula is C20H22N4O5S. The van der Waals surface area contributed by atoms with Crippen molar-refractivity contribution in [2.45, 2.75) is 26.7 Å². The van der Waals surface area contributed by atoms with Crippen LogP contribution in [0, 0.1) is 17.0 Å². The third-order valence-corrected chi connectivity index (χ3v) is 4.24. The smallest absolute Gasteiger partial charge is 0.282 e. The number of hydrogen-bond donors (Lipinski definition) is 3. The molecular weight excluding hydrogens is 408 g/mol. The van der Waals surface area contributed by atoms with Gasteiger partial charge in [-0.05, 0) is 48.3 Å². The zero-order chi connectivity index (χ0) is 22.3. The number of nitrogens with zero attached hydrogens (tertiary/aromatic N) is 1. The number of benzene rings is 2. The normalized spacial score (nSPS) is 10.3. The van der Waals surface area contributed by atoms with E-state index in [0.29, 0.717) is 5.75 Å². The Bertz CT molecular complexity index is 977. The highest BCUT2D eigenvalue weighted by Gasteiger charge is 2.20. The van der Waals surface area contributed by atoms with Gasteiger partial charge in [0.15, 0.2) is 11.7 Å². The maximum absolute atomic E-state index is 12.2. The first-order chi connectivity index (χ1) is 14.2. The second-order valence-electron chi connectivity index (χ2n) is 6.72. The Morgan fingerprint density at radius 1 is 1.17 bits per heavy atom. The molecule has 0 saturated carbocycles. The van der Waals surface area contributed by atoms with Crippen LogP contribution in [0.4, 0.5) is 5.69 Å². The number of carbonyl (C=O) groups excluding carboxylic acids is 2. The van der Waals surface area contributed by atoms with Crippen molar-refractivity contribution in [1.82, 2.24) is 16.2 Å². The average Bonchev–Trinajstić information content (AvgIpc) is 2.70. The van der Waals surface area contributed by atoms with Gasteiger partial charge in [0.1, 0.15) is 11.3 Å². The standard InChI is InChI=1S/C20H22N4O5S/c1-12(2)14-9-8-13(3)10-17(14)29-11-18(25)22-23-20(30)21-19(26)15-6-4-5-7-16(15)24(27)28/h4-10,12H,11H2,1-3H3,(H,22,25)(H2,21,23,26,30). The summed E-state index contributed by atoms with van der Waals surface area (Å²) in [5.74, 6) is -0.445. The second kappa shape index (κ2) is 10.3. The van der Waals surface area contributed by atoms with Crippen LogP contribution in [0.3, 0.4) is 0 Å². The summed E-state index contributed by atoms with van der Waals surface area (Å²) < 4.78 is 5.61. The van der Waals surface area contributed by atoms with Crippen LogP contribution in [0.5, 0.6) is 5.75 Å². The van der Waals surface area contributed by atoms with Gasteiger partial charge in [0.25, 0.3) is 17.5 Å². The van der Waals surface area contributed by atoms with E-state index in [2.05, 4.69) is 16.2 Å². The number of nitro benzene ring substituents is 1. The van der Waals surface area contributed by atoms with Crippen LogP contribution >= 0.6 is 12.2 Å². The molecule has 158 valence electrons. The molecule has 0 aliphatic carbocycles. The highest BCUT2D eigenvalue weighted by molar-refractivity contribution is 7.80. The van der Waals surface area contributed by atoms with Crippen molar-refractivity contribution in [2.75, 3.05) is 6.61 Å². The fourth-order valence-electron chi connectivity index (χ4n) is 2.58. The molecule has 0 heterocycles. The van der Waals surface area contributed by atoms with Crippen molar-refractivity contribution in [3.8, 4) is 5.75 Å². The lowest BCUT2D eigenvalue weighted by Gasteiger charge is -2.15. The average molecular weight is 430 g/mol. The van der Waals surface area contributed by atoms with Crippen molar-refractivity contribution in [3.05, 3.63) is 69.3 Å². The van der Waals surface area contributed by atoms with Crippen LogP contribution in [0.1, 0.15) is 41.3 Å². The zero-order valence-corrected chi connectivity index (χ0v) is 17.5. The molecule has 2 aromatic carbocycles. The summed E-state index contributed by atoms with van der Waals surface area (Å²) >= 11 is 4.94. The molecule has 2 aromatic rings. The molecule has 2 amide bonds. The highest BCUT2D eigenvalue weighted by Crippen LogP contribution is 2.27. The lowest BCUT2D eigenvalue weighted by molar-refractivity contribution is -0.385. The number of nitrogens with one attached hydrogen (secondary N) is 3. The van der Waals surface area contributed by atoms with Crippen LogP contribution in [0.2, 0.25) is 0 Å². The van der Waals surface area contributed by atoms with Gasteiger partial charge >= 0.3 is 0 Å². The molecule has 30 heavy (non-hydrogen) atoms. The SMILES string of the molecule is Cc1ccc(C(C)C)c(OCC(=O)NNC(=S)NC(=O)c2ccccc2[N+](=O)[O-])c1. The Morgan fingerprint density at radius 3 is 2.53 bits per heavy atom. The van der Waals surface area contributed by atoms with Crippen LogP contribution in [-0.2, 0) is 4.79 Å². The Balaban J connectivity index is 1.87. The van der Waals surface area contributed by atoms with Crippen LogP contribution in [0.15, 0.2) is 42.5 Å². The fraction of sp³-hybridized carbons (Fsp3) is 0.250. The van der Waals surface area contributed by atoms with E-state index in [0.717, 1.165) is 11.1 Å². The number of nitro groups is 1. The molecule has 10 heteroatoms.